The van der Waals surface area contributed by atoms with Crippen LogP contribution >= 0.6 is 23.2 Å². The Kier molecular flexibility index (Phi) is 5.76. The maximum absolute atomic E-state index is 12.5. The van der Waals surface area contributed by atoms with Crippen molar-refractivity contribution in [3.8, 4) is 0 Å². The van der Waals surface area contributed by atoms with Gasteiger partial charge in [0.25, 0.3) is 5.91 Å². The van der Waals surface area contributed by atoms with Crippen molar-refractivity contribution in [3.05, 3.63) is 45.7 Å². The molecule has 132 valence electrons. The standard InChI is InChI=1S/C18H20Cl2N4O/c1-11-10-15(17(25)22-12-6-3-2-4-7-12)23-18(21-11)24-16-13(19)8-5-9-14(16)20/h5,8-10,12H,2-4,6-7H2,1H3,(H,22,25)(H,21,23,24). The van der Waals surface area contributed by atoms with Gasteiger partial charge in [0.2, 0.25) is 5.95 Å². The first kappa shape index (κ1) is 18.0. The Labute approximate surface area is 157 Å². The van der Waals surface area contributed by atoms with Gasteiger partial charge in [-0.2, -0.15) is 0 Å². The van der Waals surface area contributed by atoms with Crippen LogP contribution in [-0.2, 0) is 0 Å². The molecule has 0 unspecified atom stereocenters. The highest BCUT2D eigenvalue weighted by Gasteiger charge is 2.18. The molecule has 1 fully saturated rings. The Morgan fingerprint density at radius 2 is 1.80 bits per heavy atom. The number of halogens is 2. The zero-order valence-electron chi connectivity index (χ0n) is 14.0. The molecule has 0 atom stereocenters. The van der Waals surface area contributed by atoms with Crippen molar-refractivity contribution in [1.82, 2.24) is 15.3 Å². The third-order valence-corrected chi connectivity index (χ3v) is 4.86. The number of amides is 1. The summed E-state index contributed by atoms with van der Waals surface area (Å²) in [7, 11) is 0. The van der Waals surface area contributed by atoms with E-state index >= 15 is 0 Å². The van der Waals surface area contributed by atoms with Crippen molar-refractivity contribution >= 4 is 40.7 Å². The fourth-order valence-electron chi connectivity index (χ4n) is 2.98. The maximum Gasteiger partial charge on any atom is 0.270 e. The Morgan fingerprint density at radius 3 is 2.48 bits per heavy atom. The van der Waals surface area contributed by atoms with Crippen LogP contribution in [0.3, 0.4) is 0 Å². The van der Waals surface area contributed by atoms with E-state index in [9.17, 15) is 4.79 Å². The number of carbonyl (C=O) groups excluding carboxylic acids is 1. The second-order valence-electron chi connectivity index (χ2n) is 6.25. The minimum atomic E-state index is -0.175. The van der Waals surface area contributed by atoms with Crippen LogP contribution in [0.15, 0.2) is 24.3 Å². The third-order valence-electron chi connectivity index (χ3n) is 4.23. The molecule has 1 aliphatic carbocycles. The van der Waals surface area contributed by atoms with Gasteiger partial charge in [-0.25, -0.2) is 9.97 Å². The molecule has 3 rings (SSSR count). The van der Waals surface area contributed by atoms with Gasteiger partial charge in [0.15, 0.2) is 0 Å². The lowest BCUT2D eigenvalue weighted by Crippen LogP contribution is -2.36. The topological polar surface area (TPSA) is 66.9 Å². The molecule has 25 heavy (non-hydrogen) atoms. The Balaban J connectivity index is 1.79. The smallest absolute Gasteiger partial charge is 0.270 e. The van der Waals surface area contributed by atoms with E-state index in [2.05, 4.69) is 20.6 Å². The number of hydrogen-bond donors (Lipinski definition) is 2. The van der Waals surface area contributed by atoms with Gasteiger partial charge in [-0.3, -0.25) is 4.79 Å². The molecule has 1 amide bonds. The summed E-state index contributed by atoms with van der Waals surface area (Å²) in [6.45, 7) is 1.82. The van der Waals surface area contributed by atoms with Crippen LogP contribution in [0.5, 0.6) is 0 Å². The van der Waals surface area contributed by atoms with Gasteiger partial charge < -0.3 is 10.6 Å². The van der Waals surface area contributed by atoms with Gasteiger partial charge in [0.05, 0.1) is 15.7 Å². The zero-order chi connectivity index (χ0) is 17.8. The number of carbonyl (C=O) groups is 1. The zero-order valence-corrected chi connectivity index (χ0v) is 15.5. The minimum Gasteiger partial charge on any atom is -0.348 e. The van der Waals surface area contributed by atoms with Gasteiger partial charge >= 0.3 is 0 Å². The Hall–Kier alpha value is -1.85. The number of nitrogens with zero attached hydrogens (tertiary/aromatic N) is 2. The Bertz CT molecular complexity index is 755. The number of hydrogen-bond acceptors (Lipinski definition) is 4. The molecule has 1 aliphatic rings. The van der Waals surface area contributed by atoms with Crippen molar-refractivity contribution in [2.45, 2.75) is 45.1 Å². The fraction of sp³-hybridized carbons (Fsp3) is 0.389. The van der Waals surface area contributed by atoms with Crippen molar-refractivity contribution in [1.29, 1.82) is 0 Å². The van der Waals surface area contributed by atoms with Crippen LogP contribution in [0.1, 0.15) is 48.3 Å². The van der Waals surface area contributed by atoms with E-state index in [1.165, 1.54) is 6.42 Å². The summed E-state index contributed by atoms with van der Waals surface area (Å²) < 4.78 is 0. The largest absolute Gasteiger partial charge is 0.348 e. The van der Waals surface area contributed by atoms with Crippen molar-refractivity contribution in [2.75, 3.05) is 5.32 Å². The number of anilines is 2. The van der Waals surface area contributed by atoms with Gasteiger partial charge in [-0.15, -0.1) is 0 Å². The fourth-order valence-corrected chi connectivity index (χ4v) is 3.47. The first-order valence-corrected chi connectivity index (χ1v) is 9.16. The first-order chi connectivity index (χ1) is 12.0. The van der Waals surface area contributed by atoms with Crippen LogP contribution in [0.4, 0.5) is 11.6 Å². The number of nitrogens with one attached hydrogen (secondary N) is 2. The van der Waals surface area contributed by atoms with Crippen LogP contribution in [0.2, 0.25) is 10.0 Å². The highest BCUT2D eigenvalue weighted by Crippen LogP contribution is 2.31. The molecule has 1 saturated carbocycles. The summed E-state index contributed by atoms with van der Waals surface area (Å²) in [5.74, 6) is 0.120. The van der Waals surface area contributed by atoms with Crippen molar-refractivity contribution in [3.63, 3.8) is 0 Å². The van der Waals surface area contributed by atoms with E-state index < -0.39 is 0 Å². The third kappa shape index (κ3) is 4.61. The molecule has 0 aliphatic heterocycles. The molecule has 1 aromatic carbocycles. The summed E-state index contributed by atoms with van der Waals surface area (Å²) >= 11 is 12.3. The highest BCUT2D eigenvalue weighted by atomic mass is 35.5. The molecule has 0 bridgehead atoms. The van der Waals surface area contributed by atoms with Crippen LogP contribution in [0.25, 0.3) is 0 Å². The number of aryl methyl sites for hydroxylation is 1. The molecule has 0 saturated heterocycles. The summed E-state index contributed by atoms with van der Waals surface area (Å²) in [6, 6.07) is 7.11. The molecule has 0 radical (unpaired) electrons. The number of benzene rings is 1. The number of para-hydroxylation sites is 1. The lowest BCUT2D eigenvalue weighted by molar-refractivity contribution is 0.0922. The quantitative estimate of drug-likeness (QED) is 0.793. The Morgan fingerprint density at radius 1 is 1.12 bits per heavy atom. The average Bonchev–Trinajstić information content (AvgIpc) is 2.59. The van der Waals surface area contributed by atoms with E-state index in [1.807, 2.05) is 6.92 Å². The SMILES string of the molecule is Cc1cc(C(=O)NC2CCCCC2)nc(Nc2c(Cl)cccc2Cl)n1. The van der Waals surface area contributed by atoms with E-state index in [4.69, 9.17) is 23.2 Å². The van der Waals surface area contributed by atoms with Gasteiger partial charge in [0.1, 0.15) is 5.69 Å². The van der Waals surface area contributed by atoms with Crippen LogP contribution < -0.4 is 10.6 Å². The second-order valence-corrected chi connectivity index (χ2v) is 7.06. The summed E-state index contributed by atoms with van der Waals surface area (Å²) in [5, 5.41) is 7.01. The monoisotopic (exact) mass is 378 g/mol. The lowest BCUT2D eigenvalue weighted by atomic mass is 9.95. The van der Waals surface area contributed by atoms with Crippen LogP contribution in [0, 0.1) is 6.92 Å². The van der Waals surface area contributed by atoms with E-state index in [0.29, 0.717) is 33.1 Å². The normalized spacial score (nSPS) is 15.0. The summed E-state index contributed by atoms with van der Waals surface area (Å²) in [4.78, 5) is 21.2. The molecular formula is C18H20Cl2N4O. The lowest BCUT2D eigenvalue weighted by Gasteiger charge is -2.22. The van der Waals surface area contributed by atoms with Gasteiger partial charge in [0, 0.05) is 11.7 Å². The molecule has 0 spiro atoms. The molecule has 1 heterocycles. The highest BCUT2D eigenvalue weighted by molar-refractivity contribution is 6.39. The molecular weight excluding hydrogens is 359 g/mol. The average molecular weight is 379 g/mol. The number of aromatic nitrogens is 2. The van der Waals surface area contributed by atoms with E-state index in [0.717, 1.165) is 25.7 Å². The number of rotatable bonds is 4. The minimum absolute atomic E-state index is 0.175. The van der Waals surface area contributed by atoms with E-state index in [-0.39, 0.29) is 11.9 Å². The summed E-state index contributed by atoms with van der Waals surface area (Å²) in [6.07, 6.45) is 5.61. The molecule has 5 nitrogen and oxygen atoms in total. The predicted octanol–water partition coefficient (Wildman–Crippen LogP) is 4.90. The van der Waals surface area contributed by atoms with Gasteiger partial charge in [-0.05, 0) is 38.0 Å². The summed E-state index contributed by atoms with van der Waals surface area (Å²) in [5.41, 5.74) is 1.55. The van der Waals surface area contributed by atoms with Crippen LogP contribution in [-0.4, -0.2) is 21.9 Å². The van der Waals surface area contributed by atoms with Crippen molar-refractivity contribution < 1.29 is 4.79 Å². The molecule has 7 heteroatoms. The second kappa shape index (κ2) is 8.02. The van der Waals surface area contributed by atoms with E-state index in [1.54, 1.807) is 24.3 Å². The molecule has 2 aromatic rings. The predicted molar refractivity (Wildman–Crippen MR) is 101 cm³/mol. The van der Waals surface area contributed by atoms with Gasteiger partial charge in [-0.1, -0.05) is 48.5 Å². The maximum atomic E-state index is 12.5. The first-order valence-electron chi connectivity index (χ1n) is 8.40. The van der Waals surface area contributed by atoms with Crippen molar-refractivity contribution in [2.24, 2.45) is 0 Å². The molecule has 2 N–H and O–H groups in total. The molecule has 1 aromatic heterocycles.